The second-order valence-corrected chi connectivity index (χ2v) is 4.53. The quantitative estimate of drug-likeness (QED) is 0.860. The van der Waals surface area contributed by atoms with Crippen molar-refractivity contribution in [2.24, 2.45) is 0 Å². The largest absolute Gasteiger partial charge is 0.366 e. The molecule has 3 heteroatoms. The summed E-state index contributed by atoms with van der Waals surface area (Å²) in [6.45, 7) is 4.90. The van der Waals surface area contributed by atoms with Crippen LogP contribution in [-0.2, 0) is 13.1 Å². The minimum Gasteiger partial charge on any atom is -0.366 e. The van der Waals surface area contributed by atoms with Crippen LogP contribution in [0.3, 0.4) is 0 Å². The van der Waals surface area contributed by atoms with Crippen LogP contribution in [0, 0.1) is 0 Å². The van der Waals surface area contributed by atoms with E-state index in [4.69, 9.17) is 0 Å². The zero-order valence-electron chi connectivity index (χ0n) is 11.6. The first kappa shape index (κ1) is 13.6. The molecule has 1 heterocycles. The smallest absolute Gasteiger partial charge is 0.0601 e. The lowest BCUT2D eigenvalue weighted by atomic mass is 10.2. The van der Waals surface area contributed by atoms with Crippen molar-refractivity contribution in [2.75, 3.05) is 18.5 Å². The maximum Gasteiger partial charge on any atom is 0.0601 e. The Bertz CT molecular complexity index is 479. The first-order valence-corrected chi connectivity index (χ1v) is 6.72. The molecular formula is C16H21N3. The SMILES string of the molecule is CCN(Cc1ccccn1)c1ccc(CNC)cc1. The molecule has 0 saturated heterocycles. The lowest BCUT2D eigenvalue weighted by Crippen LogP contribution is -2.22. The van der Waals surface area contributed by atoms with Crippen LogP contribution in [0.2, 0.25) is 0 Å². The first-order valence-electron chi connectivity index (χ1n) is 6.72. The minimum absolute atomic E-state index is 0.850. The van der Waals surface area contributed by atoms with E-state index in [9.17, 15) is 0 Å². The van der Waals surface area contributed by atoms with Gasteiger partial charge in [-0.2, -0.15) is 0 Å². The third-order valence-electron chi connectivity index (χ3n) is 3.14. The van der Waals surface area contributed by atoms with Gasteiger partial charge in [0.05, 0.1) is 12.2 Å². The molecule has 19 heavy (non-hydrogen) atoms. The van der Waals surface area contributed by atoms with Gasteiger partial charge in [0.1, 0.15) is 0 Å². The van der Waals surface area contributed by atoms with Gasteiger partial charge in [0, 0.05) is 25.0 Å². The molecule has 0 radical (unpaired) electrons. The number of hydrogen-bond donors (Lipinski definition) is 1. The number of nitrogens with one attached hydrogen (secondary N) is 1. The predicted octanol–water partition coefficient (Wildman–Crippen LogP) is 2.83. The molecule has 0 fully saturated rings. The van der Waals surface area contributed by atoms with Crippen molar-refractivity contribution in [1.29, 1.82) is 0 Å². The van der Waals surface area contributed by atoms with Crippen LogP contribution in [0.15, 0.2) is 48.7 Å². The molecular weight excluding hydrogens is 234 g/mol. The van der Waals surface area contributed by atoms with Gasteiger partial charge in [-0.1, -0.05) is 18.2 Å². The monoisotopic (exact) mass is 255 g/mol. The van der Waals surface area contributed by atoms with Crippen molar-refractivity contribution in [3.05, 3.63) is 59.9 Å². The van der Waals surface area contributed by atoms with E-state index in [0.29, 0.717) is 0 Å². The highest BCUT2D eigenvalue weighted by Gasteiger charge is 2.05. The van der Waals surface area contributed by atoms with Gasteiger partial charge < -0.3 is 10.2 Å². The average Bonchev–Trinajstić information content (AvgIpc) is 2.47. The Balaban J connectivity index is 2.08. The lowest BCUT2D eigenvalue weighted by molar-refractivity contribution is 0.803. The second-order valence-electron chi connectivity index (χ2n) is 4.53. The van der Waals surface area contributed by atoms with Gasteiger partial charge in [0.15, 0.2) is 0 Å². The summed E-state index contributed by atoms with van der Waals surface area (Å²) in [6.07, 6.45) is 1.85. The van der Waals surface area contributed by atoms with E-state index in [1.165, 1.54) is 11.3 Å². The molecule has 0 unspecified atom stereocenters. The third kappa shape index (κ3) is 3.80. The zero-order chi connectivity index (χ0) is 13.5. The molecule has 0 saturated carbocycles. The van der Waals surface area contributed by atoms with Gasteiger partial charge in [-0.3, -0.25) is 4.98 Å². The maximum absolute atomic E-state index is 4.39. The average molecular weight is 255 g/mol. The summed E-state index contributed by atoms with van der Waals surface area (Å²) in [5, 5.41) is 3.16. The van der Waals surface area contributed by atoms with Crippen LogP contribution in [0.25, 0.3) is 0 Å². The molecule has 2 aromatic rings. The summed E-state index contributed by atoms with van der Waals surface area (Å²) in [5.41, 5.74) is 3.65. The fourth-order valence-corrected chi connectivity index (χ4v) is 2.10. The number of nitrogens with zero attached hydrogens (tertiary/aromatic N) is 2. The van der Waals surface area contributed by atoms with Crippen molar-refractivity contribution in [3.8, 4) is 0 Å². The Hall–Kier alpha value is -1.87. The van der Waals surface area contributed by atoms with Crippen LogP contribution >= 0.6 is 0 Å². The summed E-state index contributed by atoms with van der Waals surface area (Å²) in [5.74, 6) is 0. The molecule has 1 aromatic heterocycles. The standard InChI is InChI=1S/C16H21N3/c1-3-19(13-15-6-4-5-11-18-15)16-9-7-14(8-10-16)12-17-2/h4-11,17H,3,12-13H2,1-2H3. The normalized spacial score (nSPS) is 10.4. The highest BCUT2D eigenvalue weighted by Crippen LogP contribution is 2.17. The van der Waals surface area contributed by atoms with Crippen LogP contribution in [0.1, 0.15) is 18.2 Å². The summed E-state index contributed by atoms with van der Waals surface area (Å²) in [4.78, 5) is 6.71. The Kier molecular flexibility index (Phi) is 4.93. The molecule has 0 bridgehead atoms. The van der Waals surface area contributed by atoms with Gasteiger partial charge in [-0.25, -0.2) is 0 Å². The number of rotatable bonds is 6. The van der Waals surface area contributed by atoms with Crippen molar-refractivity contribution < 1.29 is 0 Å². The number of hydrogen-bond acceptors (Lipinski definition) is 3. The number of benzene rings is 1. The van der Waals surface area contributed by atoms with Crippen LogP contribution in [0.5, 0.6) is 0 Å². The van der Waals surface area contributed by atoms with Crippen molar-refractivity contribution in [1.82, 2.24) is 10.3 Å². The molecule has 2 rings (SSSR count). The number of aromatic nitrogens is 1. The highest BCUT2D eigenvalue weighted by molar-refractivity contribution is 5.47. The molecule has 0 spiro atoms. The molecule has 3 nitrogen and oxygen atoms in total. The van der Waals surface area contributed by atoms with E-state index in [-0.39, 0.29) is 0 Å². The van der Waals surface area contributed by atoms with E-state index in [1.54, 1.807) is 0 Å². The Morgan fingerprint density at radius 2 is 1.89 bits per heavy atom. The molecule has 0 amide bonds. The van der Waals surface area contributed by atoms with Crippen LogP contribution in [-0.4, -0.2) is 18.6 Å². The number of anilines is 1. The van der Waals surface area contributed by atoms with Crippen molar-refractivity contribution in [3.63, 3.8) is 0 Å². The van der Waals surface area contributed by atoms with Crippen molar-refractivity contribution >= 4 is 5.69 Å². The highest BCUT2D eigenvalue weighted by atomic mass is 15.1. The molecule has 0 aliphatic heterocycles. The van der Waals surface area contributed by atoms with Gasteiger partial charge in [0.25, 0.3) is 0 Å². The van der Waals surface area contributed by atoms with E-state index in [2.05, 4.69) is 52.5 Å². The summed E-state index contributed by atoms with van der Waals surface area (Å²) in [7, 11) is 1.97. The fraction of sp³-hybridized carbons (Fsp3) is 0.312. The van der Waals surface area contributed by atoms with E-state index in [0.717, 1.165) is 25.3 Å². The lowest BCUT2D eigenvalue weighted by Gasteiger charge is -2.23. The second kappa shape index (κ2) is 6.90. The third-order valence-corrected chi connectivity index (χ3v) is 3.14. The molecule has 100 valence electrons. The Labute approximate surface area is 115 Å². The Morgan fingerprint density at radius 1 is 1.11 bits per heavy atom. The zero-order valence-corrected chi connectivity index (χ0v) is 11.6. The predicted molar refractivity (Wildman–Crippen MR) is 80.2 cm³/mol. The van der Waals surface area contributed by atoms with Gasteiger partial charge in [0.2, 0.25) is 0 Å². The van der Waals surface area contributed by atoms with E-state index < -0.39 is 0 Å². The molecule has 1 N–H and O–H groups in total. The molecule has 0 aliphatic rings. The summed E-state index contributed by atoms with van der Waals surface area (Å²) >= 11 is 0. The summed E-state index contributed by atoms with van der Waals surface area (Å²) in [6, 6.07) is 14.8. The molecule has 0 aliphatic carbocycles. The number of pyridine rings is 1. The van der Waals surface area contributed by atoms with Crippen LogP contribution in [0.4, 0.5) is 5.69 Å². The molecule has 1 aromatic carbocycles. The van der Waals surface area contributed by atoms with Gasteiger partial charge >= 0.3 is 0 Å². The van der Waals surface area contributed by atoms with E-state index in [1.807, 2.05) is 25.4 Å². The van der Waals surface area contributed by atoms with Gasteiger partial charge in [-0.15, -0.1) is 0 Å². The maximum atomic E-state index is 4.39. The fourth-order valence-electron chi connectivity index (χ4n) is 2.10. The van der Waals surface area contributed by atoms with E-state index >= 15 is 0 Å². The Morgan fingerprint density at radius 3 is 2.47 bits per heavy atom. The van der Waals surface area contributed by atoms with Crippen LogP contribution < -0.4 is 10.2 Å². The summed E-state index contributed by atoms with van der Waals surface area (Å²) < 4.78 is 0. The van der Waals surface area contributed by atoms with Crippen molar-refractivity contribution in [2.45, 2.75) is 20.0 Å². The molecule has 0 atom stereocenters. The first-order chi connectivity index (χ1) is 9.33. The minimum atomic E-state index is 0.850. The topological polar surface area (TPSA) is 28.2 Å². The van der Waals surface area contributed by atoms with Gasteiger partial charge in [-0.05, 0) is 43.8 Å².